The predicted octanol–water partition coefficient (Wildman–Crippen LogP) is 3.36. The summed E-state index contributed by atoms with van der Waals surface area (Å²) < 4.78 is 10.6. The number of carbonyl (C=O) groups is 1. The van der Waals surface area contributed by atoms with Crippen LogP contribution in [0.4, 0.5) is 0 Å². The highest BCUT2D eigenvalue weighted by atomic mass is 32.2. The Kier molecular flexibility index (Phi) is 5.00. The lowest BCUT2D eigenvalue weighted by molar-refractivity contribution is -0.126. The summed E-state index contributed by atoms with van der Waals surface area (Å²) in [7, 11) is 3.25. The minimum absolute atomic E-state index is 0.000827. The SMILES string of the molecule is COc1ccc(CNC(=O)C2CSC34CC=CC=C3N=CCC24)c(OC)c1. The average Bonchev–Trinajstić information content (AvgIpc) is 3.10. The molecule has 2 aliphatic heterocycles. The third-order valence-corrected chi connectivity index (χ3v) is 7.44. The van der Waals surface area contributed by atoms with Gasteiger partial charge in [0.05, 0.1) is 30.6 Å². The number of benzene rings is 1. The van der Waals surface area contributed by atoms with Crippen molar-refractivity contribution in [3.8, 4) is 11.5 Å². The van der Waals surface area contributed by atoms with Gasteiger partial charge in [0.1, 0.15) is 11.5 Å². The fraction of sp³-hybridized carbons (Fsp3) is 0.429. The molecule has 1 aromatic rings. The van der Waals surface area contributed by atoms with E-state index in [1.165, 1.54) is 0 Å². The molecule has 142 valence electrons. The van der Waals surface area contributed by atoms with E-state index >= 15 is 0 Å². The van der Waals surface area contributed by atoms with Gasteiger partial charge in [0.2, 0.25) is 5.91 Å². The van der Waals surface area contributed by atoms with Gasteiger partial charge in [-0.15, -0.1) is 11.8 Å². The number of rotatable bonds is 5. The molecule has 2 heterocycles. The van der Waals surface area contributed by atoms with E-state index in [1.807, 2.05) is 36.2 Å². The van der Waals surface area contributed by atoms with Crippen LogP contribution in [-0.4, -0.2) is 36.8 Å². The van der Waals surface area contributed by atoms with Crippen LogP contribution in [0.2, 0.25) is 0 Å². The first-order chi connectivity index (χ1) is 13.2. The molecule has 0 aromatic heterocycles. The van der Waals surface area contributed by atoms with Crippen LogP contribution in [-0.2, 0) is 11.3 Å². The van der Waals surface area contributed by atoms with Crippen molar-refractivity contribution in [2.45, 2.75) is 24.1 Å². The zero-order valence-electron chi connectivity index (χ0n) is 15.6. The number of nitrogens with one attached hydrogen (secondary N) is 1. The standard InChI is InChI=1S/C21H24N2O3S/c1-25-15-7-6-14(18(11-15)26-2)12-23-20(24)16-13-27-21-9-4-3-5-19(21)22-10-8-17(16)21/h3-7,10-11,16-17H,8-9,12-13H2,1-2H3,(H,23,24). The largest absolute Gasteiger partial charge is 0.497 e. The van der Waals surface area contributed by atoms with E-state index < -0.39 is 0 Å². The molecule has 0 bridgehead atoms. The molecule has 27 heavy (non-hydrogen) atoms. The van der Waals surface area contributed by atoms with Gasteiger partial charge in [-0.25, -0.2) is 0 Å². The molecule has 0 saturated carbocycles. The van der Waals surface area contributed by atoms with Crippen LogP contribution in [0.25, 0.3) is 0 Å². The number of aliphatic imine (C=N–C) groups is 1. The van der Waals surface area contributed by atoms with Crippen LogP contribution in [0.1, 0.15) is 18.4 Å². The molecule has 3 atom stereocenters. The summed E-state index contributed by atoms with van der Waals surface area (Å²) in [6.07, 6.45) is 10.2. The van der Waals surface area contributed by atoms with Gasteiger partial charge in [-0.05, 0) is 37.0 Å². The molecule has 6 heteroatoms. The Morgan fingerprint density at radius 2 is 2.26 bits per heavy atom. The van der Waals surface area contributed by atoms with Gasteiger partial charge in [-0.3, -0.25) is 9.79 Å². The van der Waals surface area contributed by atoms with E-state index in [2.05, 4.69) is 28.5 Å². The second-order valence-corrected chi connectivity index (χ2v) is 8.39. The Labute approximate surface area is 163 Å². The molecular formula is C21H24N2O3S. The highest BCUT2D eigenvalue weighted by molar-refractivity contribution is 8.01. The Morgan fingerprint density at radius 3 is 3.07 bits per heavy atom. The molecule has 3 aliphatic rings. The molecule has 3 unspecified atom stereocenters. The van der Waals surface area contributed by atoms with Crippen molar-refractivity contribution in [2.24, 2.45) is 16.8 Å². The van der Waals surface area contributed by atoms with E-state index in [0.29, 0.717) is 12.5 Å². The lowest BCUT2D eigenvalue weighted by atomic mass is 9.73. The molecule has 1 saturated heterocycles. The highest BCUT2D eigenvalue weighted by Crippen LogP contribution is 2.57. The highest BCUT2D eigenvalue weighted by Gasteiger charge is 2.54. The number of allylic oxidation sites excluding steroid dienone is 3. The van der Waals surface area contributed by atoms with Gasteiger partial charge >= 0.3 is 0 Å². The molecule has 4 rings (SSSR count). The number of methoxy groups -OCH3 is 2. The Morgan fingerprint density at radius 1 is 1.37 bits per heavy atom. The van der Waals surface area contributed by atoms with Gasteiger partial charge in [0.15, 0.2) is 0 Å². The second kappa shape index (κ2) is 7.43. The van der Waals surface area contributed by atoms with Gasteiger partial charge < -0.3 is 14.8 Å². The van der Waals surface area contributed by atoms with Gasteiger partial charge in [-0.2, -0.15) is 0 Å². The van der Waals surface area contributed by atoms with Gasteiger partial charge in [0, 0.05) is 30.1 Å². The minimum atomic E-state index is -0.0245. The molecular weight excluding hydrogens is 360 g/mol. The molecule has 0 radical (unpaired) electrons. The Bertz CT molecular complexity index is 833. The van der Waals surface area contributed by atoms with Crippen LogP contribution in [0.5, 0.6) is 11.5 Å². The van der Waals surface area contributed by atoms with Crippen LogP contribution in [0.15, 0.2) is 47.1 Å². The van der Waals surface area contributed by atoms with Crippen LogP contribution >= 0.6 is 11.8 Å². The van der Waals surface area contributed by atoms with Crippen molar-refractivity contribution >= 4 is 23.9 Å². The zero-order valence-corrected chi connectivity index (χ0v) is 16.4. The summed E-state index contributed by atoms with van der Waals surface area (Å²) in [4.78, 5) is 17.6. The average molecular weight is 385 g/mol. The van der Waals surface area contributed by atoms with Crippen LogP contribution in [0.3, 0.4) is 0 Å². The molecule has 1 fully saturated rings. The maximum absolute atomic E-state index is 13.0. The normalized spacial score (nSPS) is 28.1. The molecule has 1 N–H and O–H groups in total. The maximum Gasteiger partial charge on any atom is 0.224 e. The van der Waals surface area contributed by atoms with Crippen molar-refractivity contribution in [3.63, 3.8) is 0 Å². The maximum atomic E-state index is 13.0. The van der Waals surface area contributed by atoms with E-state index in [0.717, 1.165) is 41.4 Å². The third-order valence-electron chi connectivity index (χ3n) is 5.72. The summed E-state index contributed by atoms with van der Waals surface area (Å²) in [5, 5.41) is 3.12. The summed E-state index contributed by atoms with van der Waals surface area (Å²) in [5.74, 6) is 2.72. The van der Waals surface area contributed by atoms with Gasteiger partial charge in [-0.1, -0.05) is 12.2 Å². The number of hydrogen-bond donors (Lipinski definition) is 1. The Balaban J connectivity index is 1.46. The van der Waals surface area contributed by atoms with Crippen LogP contribution < -0.4 is 14.8 Å². The van der Waals surface area contributed by atoms with Gasteiger partial charge in [0.25, 0.3) is 0 Å². The van der Waals surface area contributed by atoms with E-state index in [-0.39, 0.29) is 16.6 Å². The number of hydrogen-bond acceptors (Lipinski definition) is 5. The summed E-state index contributed by atoms with van der Waals surface area (Å²) in [6.45, 7) is 0.448. The summed E-state index contributed by atoms with van der Waals surface area (Å²) in [6, 6.07) is 5.65. The van der Waals surface area contributed by atoms with E-state index in [9.17, 15) is 4.79 Å². The number of nitrogens with zero attached hydrogens (tertiary/aromatic N) is 1. The number of carbonyl (C=O) groups excluding carboxylic acids is 1. The predicted molar refractivity (Wildman–Crippen MR) is 109 cm³/mol. The van der Waals surface area contributed by atoms with Crippen LogP contribution in [0, 0.1) is 11.8 Å². The third kappa shape index (κ3) is 3.16. The molecule has 1 spiro atoms. The lowest BCUT2D eigenvalue weighted by Gasteiger charge is -2.39. The number of ether oxygens (including phenoxy) is 2. The quantitative estimate of drug-likeness (QED) is 0.846. The molecule has 1 aliphatic carbocycles. The lowest BCUT2D eigenvalue weighted by Crippen LogP contribution is -2.43. The first kappa shape index (κ1) is 18.2. The van der Waals surface area contributed by atoms with E-state index in [4.69, 9.17) is 9.47 Å². The van der Waals surface area contributed by atoms with Crippen molar-refractivity contribution in [1.82, 2.24) is 5.32 Å². The smallest absolute Gasteiger partial charge is 0.224 e. The topological polar surface area (TPSA) is 59.9 Å². The first-order valence-corrected chi connectivity index (χ1v) is 10.2. The number of amides is 1. The monoisotopic (exact) mass is 384 g/mol. The fourth-order valence-corrected chi connectivity index (χ4v) is 6.07. The van der Waals surface area contributed by atoms with Crippen molar-refractivity contribution < 1.29 is 14.3 Å². The first-order valence-electron chi connectivity index (χ1n) is 9.20. The molecule has 1 amide bonds. The fourth-order valence-electron chi connectivity index (χ4n) is 4.25. The van der Waals surface area contributed by atoms with Crippen molar-refractivity contribution in [3.05, 3.63) is 47.7 Å². The second-order valence-electron chi connectivity index (χ2n) is 7.04. The van der Waals surface area contributed by atoms with E-state index in [1.54, 1.807) is 14.2 Å². The minimum Gasteiger partial charge on any atom is -0.497 e. The van der Waals surface area contributed by atoms with Crippen molar-refractivity contribution in [2.75, 3.05) is 20.0 Å². The number of thioether (sulfide) groups is 1. The Hall–Kier alpha value is -2.21. The zero-order chi connectivity index (χ0) is 18.9. The molecule has 1 aromatic carbocycles. The summed E-state index contributed by atoms with van der Waals surface area (Å²) in [5.41, 5.74) is 2.07. The summed E-state index contributed by atoms with van der Waals surface area (Å²) >= 11 is 1.89. The van der Waals surface area contributed by atoms with Crippen molar-refractivity contribution in [1.29, 1.82) is 0 Å². The molecule has 5 nitrogen and oxygen atoms in total.